The Labute approximate surface area is 194 Å². The summed E-state index contributed by atoms with van der Waals surface area (Å²) in [7, 11) is 0. The number of benzene rings is 1. The number of nitrogens with zero attached hydrogens (tertiary/aromatic N) is 1. The zero-order valence-electron chi connectivity index (χ0n) is 17.2. The summed E-state index contributed by atoms with van der Waals surface area (Å²) in [6.45, 7) is -0.194. The van der Waals surface area contributed by atoms with Crippen molar-refractivity contribution in [3.63, 3.8) is 0 Å². The van der Waals surface area contributed by atoms with Crippen LogP contribution in [0.1, 0.15) is 26.4 Å². The third-order valence-electron chi connectivity index (χ3n) is 4.89. The minimum atomic E-state index is -1.77. The molecule has 0 saturated heterocycles. The van der Waals surface area contributed by atoms with E-state index in [4.69, 9.17) is 9.84 Å². The van der Waals surface area contributed by atoms with Gasteiger partial charge in [0.1, 0.15) is 5.00 Å². The summed E-state index contributed by atoms with van der Waals surface area (Å²) in [4.78, 5) is 69.3. The summed E-state index contributed by atoms with van der Waals surface area (Å²) < 4.78 is 5.58. The first-order valence-corrected chi connectivity index (χ1v) is 10.5. The second-order valence-corrected chi connectivity index (χ2v) is 8.21. The fraction of sp³-hybridized carbons (Fsp3) is 0.250. The SMILES string of the molecule is O=C(O)C(=O)Nc1sc2c(c1C(=O)O)CC(CNC(=O)C(=O)Cc1ccccc1[N+](=O)[O-])OC2. The third kappa shape index (κ3) is 5.41. The van der Waals surface area contributed by atoms with Gasteiger partial charge in [-0.25, -0.2) is 9.59 Å². The minimum absolute atomic E-state index is 0.0229. The van der Waals surface area contributed by atoms with Gasteiger partial charge in [-0.2, -0.15) is 0 Å². The topological polar surface area (TPSA) is 202 Å². The van der Waals surface area contributed by atoms with E-state index in [2.05, 4.69) is 5.32 Å². The number of anilines is 1. The van der Waals surface area contributed by atoms with Gasteiger partial charge in [-0.05, 0) is 5.56 Å². The van der Waals surface area contributed by atoms with Gasteiger partial charge < -0.3 is 25.6 Å². The van der Waals surface area contributed by atoms with Gasteiger partial charge in [0.15, 0.2) is 0 Å². The molecular weight excluding hydrogens is 474 g/mol. The van der Waals surface area contributed by atoms with Crippen molar-refractivity contribution >= 4 is 51.6 Å². The zero-order chi connectivity index (χ0) is 25.0. The van der Waals surface area contributed by atoms with Crippen molar-refractivity contribution in [3.8, 4) is 0 Å². The molecular formula is C20H17N3O10S. The van der Waals surface area contributed by atoms with Crippen molar-refractivity contribution in [3.05, 3.63) is 55.9 Å². The van der Waals surface area contributed by atoms with E-state index in [0.717, 1.165) is 11.3 Å². The molecule has 3 rings (SSSR count). The summed E-state index contributed by atoms with van der Waals surface area (Å²) >= 11 is 0.875. The second-order valence-electron chi connectivity index (χ2n) is 7.11. The summed E-state index contributed by atoms with van der Waals surface area (Å²) in [5.74, 6) is -6.41. The highest BCUT2D eigenvalue weighted by molar-refractivity contribution is 7.17. The molecule has 1 aliphatic heterocycles. The fourth-order valence-electron chi connectivity index (χ4n) is 3.32. The average Bonchev–Trinajstić information content (AvgIpc) is 3.14. The Morgan fingerprint density at radius 3 is 2.50 bits per heavy atom. The fourth-order valence-corrected chi connectivity index (χ4v) is 4.46. The van der Waals surface area contributed by atoms with Crippen LogP contribution in [0.2, 0.25) is 0 Å². The van der Waals surface area contributed by atoms with Gasteiger partial charge in [-0.15, -0.1) is 11.3 Å². The highest BCUT2D eigenvalue weighted by Gasteiger charge is 2.31. The molecule has 4 N–H and O–H groups in total. The molecule has 2 aromatic rings. The Hall–Kier alpha value is -4.17. The molecule has 0 aliphatic carbocycles. The third-order valence-corrected chi connectivity index (χ3v) is 6.01. The molecule has 1 unspecified atom stereocenters. The number of carbonyl (C=O) groups is 5. The maximum atomic E-state index is 12.2. The highest BCUT2D eigenvalue weighted by atomic mass is 32.1. The maximum absolute atomic E-state index is 12.2. The van der Waals surface area contributed by atoms with Crippen LogP contribution in [-0.2, 0) is 43.4 Å². The lowest BCUT2D eigenvalue weighted by atomic mass is 10.0. The van der Waals surface area contributed by atoms with Gasteiger partial charge in [0.25, 0.3) is 11.6 Å². The number of hydrogen-bond acceptors (Lipinski definition) is 9. The van der Waals surface area contributed by atoms with Gasteiger partial charge in [0.05, 0.1) is 23.2 Å². The number of ketones is 1. The first kappa shape index (κ1) is 24.5. The van der Waals surface area contributed by atoms with E-state index in [0.29, 0.717) is 10.4 Å². The van der Waals surface area contributed by atoms with Crippen LogP contribution in [0.5, 0.6) is 0 Å². The number of thiophene rings is 1. The molecule has 0 fully saturated rings. The number of nitro groups is 1. The van der Waals surface area contributed by atoms with Crippen LogP contribution in [0.15, 0.2) is 24.3 Å². The Balaban J connectivity index is 1.65. The van der Waals surface area contributed by atoms with Crippen LogP contribution in [0.4, 0.5) is 10.7 Å². The molecule has 1 aliphatic rings. The number of carboxylic acids is 2. The summed E-state index contributed by atoms with van der Waals surface area (Å²) in [6, 6.07) is 5.55. The van der Waals surface area contributed by atoms with E-state index >= 15 is 0 Å². The van der Waals surface area contributed by atoms with Crippen molar-refractivity contribution in [1.82, 2.24) is 5.32 Å². The molecule has 2 heterocycles. The Morgan fingerprint density at radius 2 is 1.85 bits per heavy atom. The Morgan fingerprint density at radius 1 is 1.15 bits per heavy atom. The number of aromatic carboxylic acids is 1. The maximum Gasteiger partial charge on any atom is 0.394 e. The molecule has 34 heavy (non-hydrogen) atoms. The lowest BCUT2D eigenvalue weighted by Gasteiger charge is -2.23. The van der Waals surface area contributed by atoms with Crippen molar-refractivity contribution in [2.75, 3.05) is 11.9 Å². The number of carboxylic acid groups (broad SMARTS) is 2. The van der Waals surface area contributed by atoms with Crippen LogP contribution >= 0.6 is 11.3 Å². The normalized spacial score (nSPS) is 14.5. The summed E-state index contributed by atoms with van der Waals surface area (Å²) in [5, 5.41) is 33.6. The number of hydrogen-bond donors (Lipinski definition) is 4. The molecule has 0 bridgehead atoms. The van der Waals surface area contributed by atoms with Crippen LogP contribution in [0, 0.1) is 10.1 Å². The number of aliphatic carboxylic acids is 1. The van der Waals surface area contributed by atoms with Gasteiger partial charge in [0, 0.05) is 35.9 Å². The predicted octanol–water partition coefficient (Wildman–Crippen LogP) is 0.747. The van der Waals surface area contributed by atoms with Gasteiger partial charge in [0.2, 0.25) is 5.78 Å². The predicted molar refractivity (Wildman–Crippen MR) is 115 cm³/mol. The quantitative estimate of drug-likeness (QED) is 0.232. The molecule has 14 heteroatoms. The van der Waals surface area contributed by atoms with Crippen LogP contribution in [0.3, 0.4) is 0 Å². The van der Waals surface area contributed by atoms with Gasteiger partial charge in [-0.1, -0.05) is 18.2 Å². The Kier molecular flexibility index (Phi) is 7.33. The lowest BCUT2D eigenvalue weighted by Crippen LogP contribution is -2.40. The molecule has 0 radical (unpaired) electrons. The Bertz CT molecular complexity index is 1210. The number of carbonyl (C=O) groups excluding carboxylic acids is 3. The zero-order valence-corrected chi connectivity index (χ0v) is 18.0. The first-order valence-electron chi connectivity index (χ1n) is 9.65. The highest BCUT2D eigenvalue weighted by Crippen LogP contribution is 2.37. The van der Waals surface area contributed by atoms with Crippen LogP contribution in [-0.4, -0.2) is 57.3 Å². The monoisotopic (exact) mass is 491 g/mol. The van der Waals surface area contributed by atoms with Gasteiger partial charge >= 0.3 is 17.8 Å². The molecule has 0 spiro atoms. The molecule has 178 valence electrons. The second kappa shape index (κ2) is 10.2. The minimum Gasteiger partial charge on any atom is -0.478 e. The average molecular weight is 491 g/mol. The van der Waals surface area contributed by atoms with Crippen molar-refractivity contribution in [1.29, 1.82) is 0 Å². The standard InChI is InChI=1S/C20H17N3O10S/c24-13(5-9-3-1-2-4-12(9)23(31)32)16(25)21-7-10-6-11-14(8-33-10)34-18(15(11)19(27)28)22-17(26)20(29)30/h1-4,10H,5-8H2,(H,21,25)(H,22,26)(H,27,28)(H,29,30). The van der Waals surface area contributed by atoms with Crippen LogP contribution in [0.25, 0.3) is 0 Å². The van der Waals surface area contributed by atoms with Crippen molar-refractivity contribution in [2.24, 2.45) is 0 Å². The largest absolute Gasteiger partial charge is 0.478 e. The van der Waals surface area contributed by atoms with E-state index in [1.165, 1.54) is 24.3 Å². The number of nitro benzene ring substituents is 1. The summed E-state index contributed by atoms with van der Waals surface area (Å²) in [6.07, 6.45) is -1.15. The number of Topliss-reactive ketones (excluding diaryl/α,β-unsaturated/α-hetero) is 1. The molecule has 0 saturated carbocycles. The lowest BCUT2D eigenvalue weighted by molar-refractivity contribution is -0.385. The first-order chi connectivity index (χ1) is 16.1. The molecule has 13 nitrogen and oxygen atoms in total. The number of para-hydroxylation sites is 1. The van der Waals surface area contributed by atoms with E-state index < -0.39 is 47.0 Å². The summed E-state index contributed by atoms with van der Waals surface area (Å²) in [5.41, 5.74) is -0.126. The number of fused-ring (bicyclic) bond motifs is 1. The van der Waals surface area contributed by atoms with E-state index in [1.54, 1.807) is 0 Å². The molecule has 1 atom stereocenters. The van der Waals surface area contributed by atoms with Crippen LogP contribution < -0.4 is 10.6 Å². The molecule has 1 aromatic heterocycles. The number of nitrogens with one attached hydrogen (secondary N) is 2. The van der Waals surface area contributed by atoms with E-state index in [1.807, 2.05) is 5.32 Å². The smallest absolute Gasteiger partial charge is 0.394 e. The number of ether oxygens (including phenoxy) is 1. The molecule has 2 amide bonds. The van der Waals surface area contributed by atoms with Crippen molar-refractivity contribution in [2.45, 2.75) is 25.6 Å². The number of rotatable bonds is 8. The number of amides is 2. The van der Waals surface area contributed by atoms with E-state index in [-0.39, 0.29) is 41.4 Å². The molecule has 1 aromatic carbocycles. The van der Waals surface area contributed by atoms with Gasteiger partial charge in [-0.3, -0.25) is 24.5 Å². The van der Waals surface area contributed by atoms with E-state index in [9.17, 15) is 39.2 Å². The van der Waals surface area contributed by atoms with Crippen molar-refractivity contribution < 1.29 is 43.8 Å².